The van der Waals surface area contributed by atoms with Gasteiger partial charge in [-0.2, -0.15) is 0 Å². The van der Waals surface area contributed by atoms with Gasteiger partial charge in [0.15, 0.2) is 0 Å². The molecule has 14 heavy (non-hydrogen) atoms. The summed E-state index contributed by atoms with van der Waals surface area (Å²) < 4.78 is 0. The van der Waals surface area contributed by atoms with Crippen LogP contribution in [0.2, 0.25) is 0 Å². The minimum atomic E-state index is 0.424. The zero-order valence-corrected chi connectivity index (χ0v) is 9.25. The van der Waals surface area contributed by atoms with Crippen LogP contribution in [0.5, 0.6) is 0 Å². The molecule has 1 N–H and O–H groups in total. The van der Waals surface area contributed by atoms with Gasteiger partial charge in [0, 0.05) is 12.6 Å². The van der Waals surface area contributed by atoms with Crippen LogP contribution in [0.25, 0.3) is 0 Å². The van der Waals surface area contributed by atoms with E-state index in [2.05, 4.69) is 55.6 Å². The van der Waals surface area contributed by atoms with Crippen molar-refractivity contribution in [2.24, 2.45) is 0 Å². The number of allylic oxidation sites excluding steroid dienone is 1. The first-order chi connectivity index (χ1) is 6.75. The van der Waals surface area contributed by atoms with E-state index >= 15 is 0 Å². The summed E-state index contributed by atoms with van der Waals surface area (Å²) in [6.45, 7) is 7.33. The van der Waals surface area contributed by atoms with Crippen molar-refractivity contribution in [1.82, 2.24) is 5.32 Å². The van der Waals surface area contributed by atoms with Crippen molar-refractivity contribution >= 4 is 0 Å². The Kier molecular flexibility index (Phi) is 4.41. The summed E-state index contributed by atoms with van der Waals surface area (Å²) in [5.74, 6) is 0. The van der Waals surface area contributed by atoms with Gasteiger partial charge in [-0.3, -0.25) is 0 Å². The largest absolute Gasteiger partial charge is 0.307 e. The second kappa shape index (κ2) is 5.61. The molecular weight excluding hydrogens is 170 g/mol. The summed E-state index contributed by atoms with van der Waals surface area (Å²) in [4.78, 5) is 0. The maximum atomic E-state index is 3.45. The van der Waals surface area contributed by atoms with Gasteiger partial charge in [0.25, 0.3) is 0 Å². The van der Waals surface area contributed by atoms with Crippen LogP contribution in [0.4, 0.5) is 0 Å². The Labute approximate surface area is 86.8 Å². The van der Waals surface area contributed by atoms with E-state index in [1.165, 1.54) is 11.1 Å². The molecule has 1 atom stereocenters. The molecule has 0 aliphatic carbocycles. The summed E-state index contributed by atoms with van der Waals surface area (Å²) in [6, 6.07) is 8.94. The Bertz CT molecular complexity index is 302. The summed E-state index contributed by atoms with van der Waals surface area (Å²) in [7, 11) is 0. The first-order valence-corrected chi connectivity index (χ1v) is 5.15. The van der Waals surface area contributed by atoms with E-state index in [0.29, 0.717) is 6.04 Å². The molecule has 1 rings (SSSR count). The predicted molar refractivity (Wildman–Crippen MR) is 62.4 cm³/mol. The molecule has 0 aromatic heterocycles. The molecule has 76 valence electrons. The van der Waals surface area contributed by atoms with Crippen LogP contribution < -0.4 is 5.32 Å². The number of benzene rings is 1. The van der Waals surface area contributed by atoms with Gasteiger partial charge in [-0.05, 0) is 31.9 Å². The lowest BCUT2D eigenvalue weighted by Crippen LogP contribution is -2.19. The van der Waals surface area contributed by atoms with Gasteiger partial charge in [-0.15, -0.1) is 0 Å². The van der Waals surface area contributed by atoms with Crippen molar-refractivity contribution in [3.05, 3.63) is 47.5 Å². The average Bonchev–Trinajstić information content (AvgIpc) is 2.18. The van der Waals surface area contributed by atoms with Crippen LogP contribution in [-0.2, 0) is 0 Å². The van der Waals surface area contributed by atoms with E-state index < -0.39 is 0 Å². The van der Waals surface area contributed by atoms with Crippen molar-refractivity contribution < 1.29 is 0 Å². The molecule has 0 aliphatic heterocycles. The van der Waals surface area contributed by atoms with E-state index in [1.54, 1.807) is 0 Å². The molecule has 0 fully saturated rings. The molecule has 0 amide bonds. The molecule has 0 heterocycles. The number of hydrogen-bond acceptors (Lipinski definition) is 1. The van der Waals surface area contributed by atoms with Crippen molar-refractivity contribution in [2.45, 2.75) is 26.8 Å². The third kappa shape index (κ3) is 3.00. The summed E-state index contributed by atoms with van der Waals surface area (Å²) in [5, 5.41) is 3.45. The van der Waals surface area contributed by atoms with E-state index in [1.807, 2.05) is 6.92 Å². The fourth-order valence-corrected chi connectivity index (χ4v) is 1.55. The van der Waals surface area contributed by atoms with Crippen LogP contribution in [0.1, 0.15) is 31.0 Å². The highest BCUT2D eigenvalue weighted by molar-refractivity contribution is 5.28. The minimum Gasteiger partial charge on any atom is -0.307 e. The lowest BCUT2D eigenvalue weighted by Gasteiger charge is -2.15. The molecule has 1 aromatic carbocycles. The molecule has 0 aliphatic rings. The highest BCUT2D eigenvalue weighted by atomic mass is 14.9. The zero-order chi connectivity index (χ0) is 10.4. The molecule has 1 unspecified atom stereocenters. The number of hydrogen-bond donors (Lipinski definition) is 1. The van der Waals surface area contributed by atoms with Gasteiger partial charge in [0.2, 0.25) is 0 Å². The van der Waals surface area contributed by atoms with E-state index in [4.69, 9.17) is 0 Å². The molecule has 0 radical (unpaired) electrons. The van der Waals surface area contributed by atoms with Gasteiger partial charge in [-0.25, -0.2) is 0 Å². The number of aryl methyl sites for hydroxylation is 1. The van der Waals surface area contributed by atoms with Gasteiger partial charge in [-0.1, -0.05) is 36.4 Å². The molecule has 0 saturated carbocycles. The third-order valence-corrected chi connectivity index (χ3v) is 2.43. The van der Waals surface area contributed by atoms with Crippen LogP contribution in [-0.4, -0.2) is 6.54 Å². The molecule has 1 aromatic rings. The lowest BCUT2D eigenvalue weighted by molar-refractivity contribution is 0.614. The Morgan fingerprint density at radius 3 is 2.71 bits per heavy atom. The van der Waals surface area contributed by atoms with Gasteiger partial charge in [0.05, 0.1) is 0 Å². The standard InChI is InChI=1S/C13H19N/c1-4-5-10-14-12(3)13-9-7-6-8-11(13)2/h4-9,12,14H,10H2,1-3H3. The molecule has 0 spiro atoms. The van der Waals surface area contributed by atoms with Crippen LogP contribution in [0.15, 0.2) is 36.4 Å². The SMILES string of the molecule is CC=CCNC(C)c1ccccc1C. The Hall–Kier alpha value is -1.08. The maximum Gasteiger partial charge on any atom is 0.0297 e. The van der Waals surface area contributed by atoms with Gasteiger partial charge < -0.3 is 5.32 Å². The molecular formula is C13H19N. The van der Waals surface area contributed by atoms with E-state index in [9.17, 15) is 0 Å². The second-order valence-electron chi connectivity index (χ2n) is 3.56. The minimum absolute atomic E-state index is 0.424. The zero-order valence-electron chi connectivity index (χ0n) is 9.25. The average molecular weight is 189 g/mol. The van der Waals surface area contributed by atoms with E-state index in [0.717, 1.165) is 6.54 Å². The maximum absolute atomic E-state index is 3.45. The first-order valence-electron chi connectivity index (χ1n) is 5.15. The molecule has 1 heteroatoms. The third-order valence-electron chi connectivity index (χ3n) is 2.43. The van der Waals surface area contributed by atoms with Gasteiger partial charge in [0.1, 0.15) is 0 Å². The number of rotatable bonds is 4. The number of nitrogens with one attached hydrogen (secondary N) is 1. The smallest absolute Gasteiger partial charge is 0.0297 e. The van der Waals surface area contributed by atoms with E-state index in [-0.39, 0.29) is 0 Å². The Morgan fingerprint density at radius 1 is 1.36 bits per heavy atom. The lowest BCUT2D eigenvalue weighted by atomic mass is 10.0. The topological polar surface area (TPSA) is 12.0 Å². The van der Waals surface area contributed by atoms with Crippen molar-refractivity contribution in [3.8, 4) is 0 Å². The van der Waals surface area contributed by atoms with Crippen LogP contribution in [0.3, 0.4) is 0 Å². The predicted octanol–water partition coefficient (Wildman–Crippen LogP) is 3.22. The highest BCUT2D eigenvalue weighted by Crippen LogP contribution is 2.15. The normalized spacial score (nSPS) is 13.4. The summed E-state index contributed by atoms with van der Waals surface area (Å²) in [6.07, 6.45) is 4.20. The highest BCUT2D eigenvalue weighted by Gasteiger charge is 2.04. The van der Waals surface area contributed by atoms with Crippen LogP contribution in [0, 0.1) is 6.92 Å². The second-order valence-corrected chi connectivity index (χ2v) is 3.56. The van der Waals surface area contributed by atoms with Crippen molar-refractivity contribution in [3.63, 3.8) is 0 Å². The van der Waals surface area contributed by atoms with Gasteiger partial charge >= 0.3 is 0 Å². The van der Waals surface area contributed by atoms with Crippen molar-refractivity contribution in [1.29, 1.82) is 0 Å². The summed E-state index contributed by atoms with van der Waals surface area (Å²) >= 11 is 0. The molecule has 1 nitrogen and oxygen atoms in total. The van der Waals surface area contributed by atoms with Crippen LogP contribution >= 0.6 is 0 Å². The quantitative estimate of drug-likeness (QED) is 0.717. The fraction of sp³-hybridized carbons (Fsp3) is 0.385. The summed E-state index contributed by atoms with van der Waals surface area (Å²) in [5.41, 5.74) is 2.74. The van der Waals surface area contributed by atoms with Crippen molar-refractivity contribution in [2.75, 3.05) is 6.54 Å². The molecule has 0 saturated heterocycles. The monoisotopic (exact) mass is 189 g/mol. The first kappa shape index (κ1) is 11.0. The Balaban J connectivity index is 2.60. The fourth-order valence-electron chi connectivity index (χ4n) is 1.55. The molecule has 0 bridgehead atoms. The Morgan fingerprint density at radius 2 is 2.07 bits per heavy atom.